The molecule has 1 unspecified atom stereocenters. The Kier molecular flexibility index (Phi) is 2.86. The molecule has 0 aliphatic rings. The minimum absolute atomic E-state index is 0.0371. The number of hydrogen-bond donors (Lipinski definition) is 2. The summed E-state index contributed by atoms with van der Waals surface area (Å²) in [7, 11) is 0. The Balaban J connectivity index is 2.06. The van der Waals surface area contributed by atoms with Crippen molar-refractivity contribution in [3.05, 3.63) is 39.6 Å². The van der Waals surface area contributed by atoms with Crippen molar-refractivity contribution >= 4 is 22.9 Å². The van der Waals surface area contributed by atoms with Crippen LogP contribution in [0.1, 0.15) is 17.4 Å². The van der Waals surface area contributed by atoms with E-state index in [-0.39, 0.29) is 6.04 Å². The molecule has 5 heteroatoms. The van der Waals surface area contributed by atoms with E-state index in [1.807, 2.05) is 11.4 Å². The van der Waals surface area contributed by atoms with Gasteiger partial charge in [0.25, 0.3) is 0 Å². The fourth-order valence-electron chi connectivity index (χ4n) is 1.25. The maximum atomic E-state index is 5.99. The summed E-state index contributed by atoms with van der Waals surface area (Å²) in [6, 6.07) is 1.87. The van der Waals surface area contributed by atoms with E-state index in [1.165, 1.54) is 11.3 Å². The fourth-order valence-corrected chi connectivity index (χ4v) is 2.21. The molecule has 0 saturated heterocycles. The second-order valence-corrected chi connectivity index (χ2v) is 4.57. The number of aromatic amines is 1. The summed E-state index contributed by atoms with van der Waals surface area (Å²) in [6.45, 7) is 0. The van der Waals surface area contributed by atoms with Crippen molar-refractivity contribution in [2.75, 3.05) is 0 Å². The summed E-state index contributed by atoms with van der Waals surface area (Å²) in [6.07, 6.45) is 4.23. The van der Waals surface area contributed by atoms with Gasteiger partial charge in [0.1, 0.15) is 5.82 Å². The Morgan fingerprint density at radius 2 is 2.50 bits per heavy atom. The summed E-state index contributed by atoms with van der Waals surface area (Å²) in [5, 5.41) is 1.98. The first-order valence-electron chi connectivity index (χ1n) is 4.23. The SMILES string of the molecule is NC(Cc1ncc[nH]1)c1csc(Cl)c1. The van der Waals surface area contributed by atoms with Crippen molar-refractivity contribution < 1.29 is 0 Å². The normalized spacial score (nSPS) is 13.0. The van der Waals surface area contributed by atoms with Crippen LogP contribution in [0.4, 0.5) is 0 Å². The Morgan fingerprint density at radius 3 is 3.07 bits per heavy atom. The predicted molar refractivity (Wildman–Crippen MR) is 58.5 cm³/mol. The smallest absolute Gasteiger partial charge is 0.107 e. The van der Waals surface area contributed by atoms with Crippen LogP contribution in [-0.4, -0.2) is 9.97 Å². The third kappa shape index (κ3) is 2.15. The van der Waals surface area contributed by atoms with Gasteiger partial charge in [0, 0.05) is 24.9 Å². The minimum Gasteiger partial charge on any atom is -0.349 e. The molecule has 3 nitrogen and oxygen atoms in total. The van der Waals surface area contributed by atoms with Gasteiger partial charge in [-0.3, -0.25) is 0 Å². The summed E-state index contributed by atoms with van der Waals surface area (Å²) in [5.41, 5.74) is 7.05. The van der Waals surface area contributed by atoms with E-state index in [2.05, 4.69) is 9.97 Å². The minimum atomic E-state index is -0.0371. The molecule has 0 fully saturated rings. The highest BCUT2D eigenvalue weighted by Gasteiger charge is 2.10. The summed E-state index contributed by atoms with van der Waals surface area (Å²) in [5.74, 6) is 0.903. The van der Waals surface area contributed by atoms with Gasteiger partial charge in [-0.25, -0.2) is 4.98 Å². The Labute approximate surface area is 90.9 Å². The van der Waals surface area contributed by atoms with Gasteiger partial charge in [-0.15, -0.1) is 11.3 Å². The standard InChI is InChI=1S/C9H10ClN3S/c10-8-3-6(5-14-8)7(11)4-9-12-1-2-13-9/h1-3,5,7H,4,11H2,(H,12,13). The van der Waals surface area contributed by atoms with E-state index in [9.17, 15) is 0 Å². The topological polar surface area (TPSA) is 54.7 Å². The third-order valence-corrected chi connectivity index (χ3v) is 3.09. The van der Waals surface area contributed by atoms with Crippen LogP contribution in [0.5, 0.6) is 0 Å². The van der Waals surface area contributed by atoms with Gasteiger partial charge >= 0.3 is 0 Å². The van der Waals surface area contributed by atoms with E-state index in [0.717, 1.165) is 15.7 Å². The number of nitrogens with one attached hydrogen (secondary N) is 1. The molecule has 0 saturated carbocycles. The number of halogens is 1. The number of rotatable bonds is 3. The van der Waals surface area contributed by atoms with Crippen LogP contribution in [0, 0.1) is 0 Å². The highest BCUT2D eigenvalue weighted by Crippen LogP contribution is 2.24. The second-order valence-electron chi connectivity index (χ2n) is 3.03. The first-order chi connectivity index (χ1) is 6.75. The van der Waals surface area contributed by atoms with Gasteiger partial charge in [0.05, 0.1) is 4.34 Å². The predicted octanol–water partition coefficient (Wildman–Crippen LogP) is 2.37. The average molecular weight is 228 g/mol. The summed E-state index contributed by atoms with van der Waals surface area (Å²) < 4.78 is 0.773. The molecule has 3 N–H and O–H groups in total. The number of nitrogens with zero attached hydrogens (tertiary/aromatic N) is 1. The van der Waals surface area contributed by atoms with Crippen molar-refractivity contribution in [1.82, 2.24) is 9.97 Å². The second kappa shape index (κ2) is 4.13. The molecule has 0 radical (unpaired) electrons. The van der Waals surface area contributed by atoms with Crippen molar-refractivity contribution in [3.63, 3.8) is 0 Å². The fraction of sp³-hybridized carbons (Fsp3) is 0.222. The van der Waals surface area contributed by atoms with Crippen LogP contribution >= 0.6 is 22.9 Å². The molecule has 0 aromatic carbocycles. The highest BCUT2D eigenvalue weighted by molar-refractivity contribution is 7.14. The summed E-state index contributed by atoms with van der Waals surface area (Å²) in [4.78, 5) is 7.15. The number of H-pyrrole nitrogens is 1. The number of aromatic nitrogens is 2. The van der Waals surface area contributed by atoms with Gasteiger partial charge in [-0.1, -0.05) is 11.6 Å². The molecular formula is C9H10ClN3S. The van der Waals surface area contributed by atoms with Gasteiger partial charge in [0.2, 0.25) is 0 Å². The molecule has 2 aromatic rings. The molecule has 2 heterocycles. The van der Waals surface area contributed by atoms with E-state index < -0.39 is 0 Å². The maximum Gasteiger partial charge on any atom is 0.107 e. The van der Waals surface area contributed by atoms with E-state index in [0.29, 0.717) is 6.42 Å². The zero-order chi connectivity index (χ0) is 9.97. The Hall–Kier alpha value is -0.840. The molecule has 14 heavy (non-hydrogen) atoms. The van der Waals surface area contributed by atoms with Crippen LogP contribution in [0.2, 0.25) is 4.34 Å². The average Bonchev–Trinajstić information content (AvgIpc) is 2.75. The van der Waals surface area contributed by atoms with E-state index in [4.69, 9.17) is 17.3 Å². The largest absolute Gasteiger partial charge is 0.349 e. The van der Waals surface area contributed by atoms with Crippen LogP contribution in [-0.2, 0) is 6.42 Å². The molecule has 74 valence electrons. The molecule has 2 aromatic heterocycles. The van der Waals surface area contributed by atoms with Gasteiger partial charge < -0.3 is 10.7 Å². The van der Waals surface area contributed by atoms with E-state index in [1.54, 1.807) is 12.4 Å². The lowest BCUT2D eigenvalue weighted by atomic mass is 10.1. The molecule has 0 bridgehead atoms. The number of nitrogens with two attached hydrogens (primary N) is 1. The molecule has 0 spiro atoms. The van der Waals surface area contributed by atoms with Crippen molar-refractivity contribution in [1.29, 1.82) is 0 Å². The van der Waals surface area contributed by atoms with Crippen molar-refractivity contribution in [2.24, 2.45) is 5.73 Å². The monoisotopic (exact) mass is 227 g/mol. The number of imidazole rings is 1. The van der Waals surface area contributed by atoms with Gasteiger partial charge in [-0.05, 0) is 17.0 Å². The molecule has 0 amide bonds. The van der Waals surface area contributed by atoms with E-state index >= 15 is 0 Å². The lowest BCUT2D eigenvalue weighted by Crippen LogP contribution is -2.13. The van der Waals surface area contributed by atoms with Crippen LogP contribution < -0.4 is 5.73 Å². The molecule has 1 atom stereocenters. The zero-order valence-electron chi connectivity index (χ0n) is 7.40. The van der Waals surface area contributed by atoms with Crippen LogP contribution in [0.3, 0.4) is 0 Å². The Morgan fingerprint density at radius 1 is 1.64 bits per heavy atom. The quantitative estimate of drug-likeness (QED) is 0.846. The maximum absolute atomic E-state index is 5.99. The molecule has 2 rings (SSSR count). The van der Waals surface area contributed by atoms with Gasteiger partial charge in [-0.2, -0.15) is 0 Å². The highest BCUT2D eigenvalue weighted by atomic mass is 35.5. The molecule has 0 aliphatic carbocycles. The molecule has 0 aliphatic heterocycles. The summed E-state index contributed by atoms with van der Waals surface area (Å²) >= 11 is 7.33. The lowest BCUT2D eigenvalue weighted by molar-refractivity contribution is 0.697. The zero-order valence-corrected chi connectivity index (χ0v) is 8.98. The van der Waals surface area contributed by atoms with Crippen molar-refractivity contribution in [3.8, 4) is 0 Å². The lowest BCUT2D eigenvalue weighted by Gasteiger charge is -2.06. The Bertz CT molecular complexity index is 396. The van der Waals surface area contributed by atoms with Crippen LogP contribution in [0.15, 0.2) is 23.8 Å². The van der Waals surface area contributed by atoms with Crippen molar-refractivity contribution in [2.45, 2.75) is 12.5 Å². The van der Waals surface area contributed by atoms with Gasteiger partial charge in [0.15, 0.2) is 0 Å². The first-order valence-corrected chi connectivity index (χ1v) is 5.49. The number of hydrogen-bond acceptors (Lipinski definition) is 3. The van der Waals surface area contributed by atoms with Crippen LogP contribution in [0.25, 0.3) is 0 Å². The third-order valence-electron chi connectivity index (χ3n) is 1.98. The first kappa shape index (κ1) is 9.71. The molecular weight excluding hydrogens is 218 g/mol. The number of thiophene rings is 1.